The quantitative estimate of drug-likeness (QED) is 0.695. The SMILES string of the molecule is COC1=Nc2ccc(Cl)cc2C(=O)N(C)C1. The van der Waals surface area contributed by atoms with Gasteiger partial charge in [-0.2, -0.15) is 0 Å². The second-order valence-corrected chi connectivity index (χ2v) is 3.97. The van der Waals surface area contributed by atoms with Gasteiger partial charge in [-0.25, -0.2) is 4.99 Å². The number of aliphatic imine (C=N–C) groups is 1. The predicted octanol–water partition coefficient (Wildman–Crippen LogP) is 2.10. The van der Waals surface area contributed by atoms with Gasteiger partial charge in [0, 0.05) is 12.1 Å². The fraction of sp³-hybridized carbons (Fsp3) is 0.273. The molecule has 1 aliphatic rings. The number of halogens is 1. The molecule has 1 aromatic rings. The Labute approximate surface area is 98.5 Å². The summed E-state index contributed by atoms with van der Waals surface area (Å²) in [6, 6.07) is 5.04. The number of hydrogen-bond donors (Lipinski definition) is 0. The first-order valence-corrected chi connectivity index (χ1v) is 5.16. The maximum Gasteiger partial charge on any atom is 0.256 e. The van der Waals surface area contributed by atoms with Crippen LogP contribution in [0.5, 0.6) is 0 Å². The molecule has 16 heavy (non-hydrogen) atoms. The van der Waals surface area contributed by atoms with Crippen LogP contribution >= 0.6 is 11.6 Å². The molecule has 0 bridgehead atoms. The molecule has 5 heteroatoms. The smallest absolute Gasteiger partial charge is 0.256 e. The second kappa shape index (κ2) is 4.14. The second-order valence-electron chi connectivity index (χ2n) is 3.53. The van der Waals surface area contributed by atoms with Crippen LogP contribution in [-0.2, 0) is 4.74 Å². The van der Waals surface area contributed by atoms with Crippen molar-refractivity contribution in [2.45, 2.75) is 0 Å². The highest BCUT2D eigenvalue weighted by Gasteiger charge is 2.22. The van der Waals surface area contributed by atoms with Gasteiger partial charge in [0.05, 0.1) is 24.9 Å². The summed E-state index contributed by atoms with van der Waals surface area (Å²) in [4.78, 5) is 17.8. The summed E-state index contributed by atoms with van der Waals surface area (Å²) < 4.78 is 5.10. The maximum absolute atomic E-state index is 12.0. The van der Waals surface area contributed by atoms with E-state index in [1.807, 2.05) is 0 Å². The van der Waals surface area contributed by atoms with E-state index >= 15 is 0 Å². The van der Waals surface area contributed by atoms with Gasteiger partial charge in [0.2, 0.25) is 5.90 Å². The number of rotatable bonds is 0. The number of carbonyl (C=O) groups excluding carboxylic acids is 1. The van der Waals surface area contributed by atoms with Crippen LogP contribution in [0.1, 0.15) is 10.4 Å². The van der Waals surface area contributed by atoms with E-state index in [2.05, 4.69) is 4.99 Å². The Balaban J connectivity index is 2.57. The average molecular weight is 239 g/mol. The number of benzene rings is 1. The van der Waals surface area contributed by atoms with Gasteiger partial charge >= 0.3 is 0 Å². The number of ether oxygens (including phenoxy) is 1. The average Bonchev–Trinajstić information content (AvgIpc) is 2.39. The van der Waals surface area contributed by atoms with Crippen molar-refractivity contribution in [2.24, 2.45) is 4.99 Å². The Morgan fingerprint density at radius 3 is 2.94 bits per heavy atom. The zero-order chi connectivity index (χ0) is 11.7. The van der Waals surface area contributed by atoms with E-state index in [4.69, 9.17) is 16.3 Å². The highest BCUT2D eigenvalue weighted by molar-refractivity contribution is 6.31. The fourth-order valence-electron chi connectivity index (χ4n) is 1.54. The van der Waals surface area contributed by atoms with Crippen LogP contribution in [0.3, 0.4) is 0 Å². The zero-order valence-corrected chi connectivity index (χ0v) is 9.78. The van der Waals surface area contributed by atoms with Crippen LogP contribution in [0.2, 0.25) is 5.02 Å². The molecule has 0 radical (unpaired) electrons. The molecule has 2 rings (SSSR count). The molecule has 1 aliphatic heterocycles. The summed E-state index contributed by atoms with van der Waals surface area (Å²) in [5.41, 5.74) is 1.10. The molecule has 0 aliphatic carbocycles. The largest absolute Gasteiger partial charge is 0.483 e. The number of amides is 1. The third-order valence-electron chi connectivity index (χ3n) is 2.39. The lowest BCUT2D eigenvalue weighted by Gasteiger charge is -2.14. The number of likely N-dealkylation sites (N-methyl/N-ethyl adjacent to an activating group) is 1. The minimum atomic E-state index is -0.103. The van der Waals surface area contributed by atoms with Gasteiger partial charge in [-0.05, 0) is 18.2 Å². The molecule has 0 spiro atoms. The molecular weight excluding hydrogens is 228 g/mol. The van der Waals surface area contributed by atoms with Crippen molar-refractivity contribution in [2.75, 3.05) is 20.7 Å². The molecule has 0 fully saturated rings. The summed E-state index contributed by atoms with van der Waals surface area (Å²) in [6.45, 7) is 0.363. The molecular formula is C11H11ClN2O2. The summed E-state index contributed by atoms with van der Waals surface area (Å²) >= 11 is 5.86. The lowest BCUT2D eigenvalue weighted by molar-refractivity contribution is 0.0812. The van der Waals surface area contributed by atoms with Crippen molar-refractivity contribution in [3.05, 3.63) is 28.8 Å². The van der Waals surface area contributed by atoms with Gasteiger partial charge in [0.15, 0.2) is 0 Å². The van der Waals surface area contributed by atoms with Crippen LogP contribution in [-0.4, -0.2) is 37.4 Å². The van der Waals surface area contributed by atoms with Crippen molar-refractivity contribution >= 4 is 29.1 Å². The predicted molar refractivity (Wildman–Crippen MR) is 62.5 cm³/mol. The zero-order valence-electron chi connectivity index (χ0n) is 9.03. The van der Waals surface area contributed by atoms with E-state index in [0.29, 0.717) is 28.7 Å². The van der Waals surface area contributed by atoms with E-state index < -0.39 is 0 Å². The van der Waals surface area contributed by atoms with E-state index in [1.165, 1.54) is 7.11 Å². The molecule has 0 N–H and O–H groups in total. The van der Waals surface area contributed by atoms with Crippen molar-refractivity contribution in [1.29, 1.82) is 0 Å². The van der Waals surface area contributed by atoms with Crippen molar-refractivity contribution in [3.8, 4) is 0 Å². The lowest BCUT2D eigenvalue weighted by atomic mass is 10.1. The Bertz CT molecular complexity index is 471. The van der Waals surface area contributed by atoms with Gasteiger partial charge < -0.3 is 9.64 Å². The Morgan fingerprint density at radius 1 is 1.50 bits per heavy atom. The molecule has 0 saturated carbocycles. The molecule has 1 heterocycles. The minimum Gasteiger partial charge on any atom is -0.483 e. The van der Waals surface area contributed by atoms with Gasteiger partial charge in [-0.3, -0.25) is 4.79 Å². The molecule has 1 amide bonds. The lowest BCUT2D eigenvalue weighted by Crippen LogP contribution is -2.31. The number of carbonyl (C=O) groups is 1. The number of nitrogens with zero attached hydrogens (tertiary/aromatic N) is 2. The normalized spacial score (nSPS) is 15.3. The van der Waals surface area contributed by atoms with Crippen LogP contribution < -0.4 is 0 Å². The summed E-state index contributed by atoms with van der Waals surface area (Å²) in [6.07, 6.45) is 0. The summed E-state index contributed by atoms with van der Waals surface area (Å²) in [5.74, 6) is 0.408. The molecule has 0 atom stereocenters. The van der Waals surface area contributed by atoms with Gasteiger partial charge in [0.25, 0.3) is 5.91 Å². The highest BCUT2D eigenvalue weighted by atomic mass is 35.5. The first-order chi connectivity index (χ1) is 7.61. The standard InChI is InChI=1S/C11H11ClN2O2/c1-14-6-10(16-2)13-9-4-3-7(12)5-8(9)11(14)15/h3-5H,6H2,1-2H3. The first kappa shape index (κ1) is 11.0. The van der Waals surface area contributed by atoms with E-state index in [0.717, 1.165) is 0 Å². The Hall–Kier alpha value is -1.55. The van der Waals surface area contributed by atoms with Crippen LogP contribution in [0.25, 0.3) is 0 Å². The van der Waals surface area contributed by atoms with E-state index in [1.54, 1.807) is 30.1 Å². The number of fused-ring (bicyclic) bond motifs is 1. The van der Waals surface area contributed by atoms with Crippen LogP contribution in [0, 0.1) is 0 Å². The van der Waals surface area contributed by atoms with Crippen LogP contribution in [0.15, 0.2) is 23.2 Å². The molecule has 0 saturated heterocycles. The van der Waals surface area contributed by atoms with Crippen molar-refractivity contribution < 1.29 is 9.53 Å². The molecule has 1 aromatic carbocycles. The number of methoxy groups -OCH3 is 1. The molecule has 4 nitrogen and oxygen atoms in total. The summed E-state index contributed by atoms with van der Waals surface area (Å²) in [7, 11) is 3.24. The number of hydrogen-bond acceptors (Lipinski definition) is 3. The third-order valence-corrected chi connectivity index (χ3v) is 2.62. The monoisotopic (exact) mass is 238 g/mol. The molecule has 0 aromatic heterocycles. The van der Waals surface area contributed by atoms with Gasteiger partial charge in [0.1, 0.15) is 0 Å². The van der Waals surface area contributed by atoms with Crippen LogP contribution in [0.4, 0.5) is 5.69 Å². The fourth-order valence-corrected chi connectivity index (χ4v) is 1.71. The third kappa shape index (κ3) is 1.88. The van der Waals surface area contributed by atoms with Crippen molar-refractivity contribution in [3.63, 3.8) is 0 Å². The van der Waals surface area contributed by atoms with Gasteiger partial charge in [-0.1, -0.05) is 11.6 Å². The van der Waals surface area contributed by atoms with Crippen molar-refractivity contribution in [1.82, 2.24) is 4.90 Å². The highest BCUT2D eigenvalue weighted by Crippen LogP contribution is 2.26. The molecule has 84 valence electrons. The first-order valence-electron chi connectivity index (χ1n) is 4.78. The minimum absolute atomic E-state index is 0.103. The Kier molecular flexibility index (Phi) is 2.83. The summed E-state index contributed by atoms with van der Waals surface area (Å²) in [5, 5.41) is 0.525. The molecule has 0 unspecified atom stereocenters. The Morgan fingerprint density at radius 2 is 2.25 bits per heavy atom. The maximum atomic E-state index is 12.0. The van der Waals surface area contributed by atoms with Gasteiger partial charge in [-0.15, -0.1) is 0 Å². The topological polar surface area (TPSA) is 41.9 Å². The van der Waals surface area contributed by atoms with E-state index in [-0.39, 0.29) is 5.91 Å². The van der Waals surface area contributed by atoms with E-state index in [9.17, 15) is 4.79 Å².